The minimum Gasteiger partial charge on any atom is -0.330 e. The second kappa shape index (κ2) is 6.26. The van der Waals surface area contributed by atoms with Crippen LogP contribution in [0.5, 0.6) is 0 Å². The zero-order chi connectivity index (χ0) is 13.3. The Kier molecular flexibility index (Phi) is 4.86. The molecule has 6 heteroatoms. The summed E-state index contributed by atoms with van der Waals surface area (Å²) >= 11 is 1.75. The summed E-state index contributed by atoms with van der Waals surface area (Å²) in [5.74, 6) is 0. The Balaban J connectivity index is 0.00000147. The van der Waals surface area contributed by atoms with E-state index in [0.29, 0.717) is 0 Å². The number of hydrogen-bond acceptors (Lipinski definition) is 4. The lowest BCUT2D eigenvalue weighted by molar-refractivity contribution is 0.275. The number of nitrogens with zero attached hydrogens (tertiary/aromatic N) is 2. The minimum absolute atomic E-state index is 0. The summed E-state index contributed by atoms with van der Waals surface area (Å²) in [6.07, 6.45) is 3.14. The van der Waals surface area contributed by atoms with Gasteiger partial charge in [-0.25, -0.2) is 0 Å². The standard InChI is InChI=1S/C14H20N4S.ClH/c1-14(9-15)4-5-18(10-14)8-11-7-16-17-13(11)12-3-2-6-19-12;/h2-3,6-7H,4-5,8-10,15H2,1H3,(H,16,17);1H. The van der Waals surface area contributed by atoms with Crippen molar-refractivity contribution in [3.05, 3.63) is 29.3 Å². The van der Waals surface area contributed by atoms with Gasteiger partial charge in [0.1, 0.15) is 0 Å². The molecule has 2 aromatic heterocycles. The fourth-order valence-electron chi connectivity index (χ4n) is 2.73. The molecule has 0 aliphatic carbocycles. The van der Waals surface area contributed by atoms with Gasteiger partial charge < -0.3 is 5.73 Å². The number of likely N-dealkylation sites (tertiary alicyclic amines) is 1. The molecule has 3 heterocycles. The lowest BCUT2D eigenvalue weighted by Gasteiger charge is -2.22. The molecule has 0 radical (unpaired) electrons. The molecule has 0 spiro atoms. The highest BCUT2D eigenvalue weighted by atomic mass is 35.5. The molecule has 1 aliphatic heterocycles. The van der Waals surface area contributed by atoms with E-state index in [1.54, 1.807) is 11.3 Å². The fraction of sp³-hybridized carbons (Fsp3) is 0.500. The summed E-state index contributed by atoms with van der Waals surface area (Å²) in [7, 11) is 0. The first-order chi connectivity index (χ1) is 9.20. The quantitative estimate of drug-likeness (QED) is 0.912. The van der Waals surface area contributed by atoms with E-state index in [0.717, 1.165) is 31.9 Å². The molecular weight excluding hydrogens is 292 g/mol. The Hall–Kier alpha value is -0.880. The summed E-state index contributed by atoms with van der Waals surface area (Å²) in [5.41, 5.74) is 8.60. The molecule has 1 saturated heterocycles. The highest BCUT2D eigenvalue weighted by molar-refractivity contribution is 7.13. The van der Waals surface area contributed by atoms with Crippen LogP contribution in [-0.4, -0.2) is 34.7 Å². The normalized spacial score (nSPS) is 22.9. The highest BCUT2D eigenvalue weighted by Crippen LogP contribution is 2.32. The molecule has 1 unspecified atom stereocenters. The number of rotatable bonds is 4. The fourth-order valence-corrected chi connectivity index (χ4v) is 3.49. The molecule has 3 rings (SSSR count). The SMILES string of the molecule is CC1(CN)CCN(Cc2cn[nH]c2-c2cccs2)C1.Cl. The van der Waals surface area contributed by atoms with E-state index < -0.39 is 0 Å². The molecule has 0 saturated carbocycles. The molecule has 0 aromatic carbocycles. The molecule has 1 aliphatic rings. The van der Waals surface area contributed by atoms with Crippen molar-refractivity contribution < 1.29 is 0 Å². The van der Waals surface area contributed by atoms with Crippen LogP contribution in [0.1, 0.15) is 18.9 Å². The Bertz CT molecular complexity index is 539. The van der Waals surface area contributed by atoms with Gasteiger partial charge in [0.15, 0.2) is 0 Å². The number of halogens is 1. The third-order valence-corrected chi connectivity index (χ3v) is 4.90. The van der Waals surface area contributed by atoms with E-state index in [2.05, 4.69) is 39.5 Å². The Labute approximate surface area is 129 Å². The monoisotopic (exact) mass is 312 g/mol. The van der Waals surface area contributed by atoms with Gasteiger partial charge in [-0.1, -0.05) is 13.0 Å². The summed E-state index contributed by atoms with van der Waals surface area (Å²) in [6, 6.07) is 4.21. The summed E-state index contributed by atoms with van der Waals surface area (Å²) in [4.78, 5) is 3.74. The maximum Gasteiger partial charge on any atom is 0.0794 e. The number of aromatic amines is 1. The van der Waals surface area contributed by atoms with Crippen LogP contribution in [0.3, 0.4) is 0 Å². The largest absolute Gasteiger partial charge is 0.330 e. The van der Waals surface area contributed by atoms with Crippen LogP contribution in [0, 0.1) is 5.41 Å². The second-order valence-electron chi connectivity index (χ2n) is 5.72. The molecule has 1 fully saturated rings. The zero-order valence-electron chi connectivity index (χ0n) is 11.6. The van der Waals surface area contributed by atoms with Gasteiger partial charge in [0.2, 0.25) is 0 Å². The van der Waals surface area contributed by atoms with Crippen molar-refractivity contribution in [3.63, 3.8) is 0 Å². The van der Waals surface area contributed by atoms with E-state index in [-0.39, 0.29) is 17.8 Å². The van der Waals surface area contributed by atoms with Crippen LogP contribution in [0.15, 0.2) is 23.7 Å². The summed E-state index contributed by atoms with van der Waals surface area (Å²) < 4.78 is 0. The Morgan fingerprint density at radius 2 is 2.40 bits per heavy atom. The maximum absolute atomic E-state index is 5.87. The molecule has 20 heavy (non-hydrogen) atoms. The van der Waals surface area contributed by atoms with Crippen molar-refractivity contribution in [2.75, 3.05) is 19.6 Å². The topological polar surface area (TPSA) is 57.9 Å². The number of H-pyrrole nitrogens is 1. The lowest BCUT2D eigenvalue weighted by atomic mass is 9.90. The van der Waals surface area contributed by atoms with Gasteiger partial charge in [0.05, 0.1) is 16.8 Å². The summed E-state index contributed by atoms with van der Waals surface area (Å²) in [5, 5.41) is 9.43. The lowest BCUT2D eigenvalue weighted by Crippen LogP contribution is -2.31. The number of nitrogens with one attached hydrogen (secondary N) is 1. The van der Waals surface area contributed by atoms with Gasteiger partial charge in [-0.15, -0.1) is 23.7 Å². The average molecular weight is 313 g/mol. The first-order valence-electron chi connectivity index (χ1n) is 6.69. The van der Waals surface area contributed by atoms with Crippen molar-refractivity contribution in [3.8, 4) is 10.6 Å². The van der Waals surface area contributed by atoms with Gasteiger partial charge >= 0.3 is 0 Å². The predicted molar refractivity (Wildman–Crippen MR) is 86.2 cm³/mol. The molecule has 0 amide bonds. The molecule has 3 N–H and O–H groups in total. The van der Waals surface area contributed by atoms with Crippen LogP contribution in [0.4, 0.5) is 0 Å². The molecular formula is C14H21ClN4S. The van der Waals surface area contributed by atoms with E-state index in [1.807, 2.05) is 6.20 Å². The number of hydrogen-bond donors (Lipinski definition) is 2. The highest BCUT2D eigenvalue weighted by Gasteiger charge is 2.32. The van der Waals surface area contributed by atoms with Crippen molar-refractivity contribution in [1.29, 1.82) is 0 Å². The van der Waals surface area contributed by atoms with Crippen LogP contribution in [0.25, 0.3) is 10.6 Å². The first kappa shape index (κ1) is 15.5. The van der Waals surface area contributed by atoms with Crippen LogP contribution in [-0.2, 0) is 6.54 Å². The van der Waals surface area contributed by atoms with Gasteiger partial charge in [-0.05, 0) is 36.4 Å². The van der Waals surface area contributed by atoms with E-state index >= 15 is 0 Å². The van der Waals surface area contributed by atoms with Crippen LogP contribution in [0.2, 0.25) is 0 Å². The number of aromatic nitrogens is 2. The van der Waals surface area contributed by atoms with Crippen LogP contribution >= 0.6 is 23.7 Å². The smallest absolute Gasteiger partial charge is 0.0794 e. The van der Waals surface area contributed by atoms with Crippen molar-refractivity contribution >= 4 is 23.7 Å². The molecule has 0 bridgehead atoms. The Morgan fingerprint density at radius 3 is 3.05 bits per heavy atom. The number of thiophene rings is 1. The predicted octanol–water partition coefficient (Wildman–Crippen LogP) is 2.73. The second-order valence-corrected chi connectivity index (χ2v) is 6.67. The maximum atomic E-state index is 5.87. The van der Waals surface area contributed by atoms with E-state index in [4.69, 9.17) is 5.73 Å². The van der Waals surface area contributed by atoms with E-state index in [1.165, 1.54) is 16.9 Å². The van der Waals surface area contributed by atoms with Gasteiger partial charge in [-0.3, -0.25) is 10.00 Å². The number of nitrogens with two attached hydrogens (primary N) is 1. The van der Waals surface area contributed by atoms with Crippen molar-refractivity contribution in [1.82, 2.24) is 15.1 Å². The molecule has 2 aromatic rings. The molecule has 110 valence electrons. The van der Waals surface area contributed by atoms with Crippen LogP contribution < -0.4 is 5.73 Å². The molecule has 1 atom stereocenters. The van der Waals surface area contributed by atoms with E-state index in [9.17, 15) is 0 Å². The Morgan fingerprint density at radius 1 is 1.55 bits per heavy atom. The third-order valence-electron chi connectivity index (χ3n) is 4.01. The van der Waals surface area contributed by atoms with Crippen molar-refractivity contribution in [2.24, 2.45) is 11.1 Å². The molecule has 4 nitrogen and oxygen atoms in total. The first-order valence-corrected chi connectivity index (χ1v) is 7.57. The van der Waals surface area contributed by atoms with Gasteiger partial charge in [0, 0.05) is 18.7 Å². The third kappa shape index (κ3) is 3.06. The summed E-state index contributed by atoms with van der Waals surface area (Å²) in [6.45, 7) is 6.22. The minimum atomic E-state index is 0. The van der Waals surface area contributed by atoms with Gasteiger partial charge in [0.25, 0.3) is 0 Å². The zero-order valence-corrected chi connectivity index (χ0v) is 13.3. The van der Waals surface area contributed by atoms with Crippen molar-refractivity contribution in [2.45, 2.75) is 19.9 Å². The van der Waals surface area contributed by atoms with Gasteiger partial charge in [-0.2, -0.15) is 5.10 Å². The average Bonchev–Trinajstić information content (AvgIpc) is 3.11.